The molecule has 1 spiro atoms. The Labute approximate surface area is 87.8 Å². The van der Waals surface area contributed by atoms with Crippen molar-refractivity contribution in [1.29, 1.82) is 5.26 Å². The predicted octanol–water partition coefficient (Wildman–Crippen LogP) is 1.16. The van der Waals surface area contributed by atoms with Crippen LogP contribution < -0.4 is 0 Å². The first-order valence-electron chi connectivity index (χ1n) is 4.65. The van der Waals surface area contributed by atoms with Gasteiger partial charge in [0, 0.05) is 12.2 Å². The van der Waals surface area contributed by atoms with Crippen molar-refractivity contribution in [3.05, 3.63) is 23.7 Å². The van der Waals surface area contributed by atoms with Gasteiger partial charge in [-0.05, 0) is 6.42 Å². The lowest BCUT2D eigenvalue weighted by Gasteiger charge is -2.23. The zero-order valence-corrected chi connectivity index (χ0v) is 8.61. The molecule has 0 aliphatic heterocycles. The molecule has 0 N–H and O–H groups in total. The second kappa shape index (κ2) is 3.13. The highest BCUT2D eigenvalue weighted by Crippen LogP contribution is 2.63. The average molecular weight is 205 g/mol. The zero-order valence-electron chi connectivity index (χ0n) is 8.61. The van der Waals surface area contributed by atoms with E-state index < -0.39 is 5.41 Å². The van der Waals surface area contributed by atoms with Crippen molar-refractivity contribution in [1.82, 2.24) is 0 Å². The summed E-state index contributed by atoms with van der Waals surface area (Å²) in [5, 5.41) is 8.92. The standard InChI is InChI=1S/C11H11NO3/c1-14-9-3-8(13)4-10(15-2)11(9)5-7(11)6-12/h3-4,7H,5H2,1-2H3. The molecule has 2 rings (SSSR count). The third-order valence-corrected chi connectivity index (χ3v) is 2.98. The van der Waals surface area contributed by atoms with Crippen LogP contribution in [-0.2, 0) is 14.3 Å². The maximum absolute atomic E-state index is 11.3. The van der Waals surface area contributed by atoms with Crippen LogP contribution in [0.5, 0.6) is 0 Å². The summed E-state index contributed by atoms with van der Waals surface area (Å²) < 4.78 is 10.3. The molecule has 0 bridgehead atoms. The normalized spacial score (nSPS) is 26.5. The van der Waals surface area contributed by atoms with Crippen LogP contribution >= 0.6 is 0 Å². The fourth-order valence-corrected chi connectivity index (χ4v) is 2.12. The number of allylic oxidation sites excluding steroid dienone is 2. The van der Waals surface area contributed by atoms with Crippen LogP contribution in [0.2, 0.25) is 0 Å². The molecule has 78 valence electrons. The molecule has 1 saturated carbocycles. The lowest BCUT2D eigenvalue weighted by molar-refractivity contribution is -0.111. The van der Waals surface area contributed by atoms with Gasteiger partial charge in [-0.1, -0.05) is 0 Å². The molecule has 2 aliphatic rings. The van der Waals surface area contributed by atoms with Crippen LogP contribution in [0, 0.1) is 22.7 Å². The van der Waals surface area contributed by atoms with Gasteiger partial charge in [0.2, 0.25) is 0 Å². The molecular formula is C11H11NO3. The molecule has 15 heavy (non-hydrogen) atoms. The van der Waals surface area contributed by atoms with Crippen molar-refractivity contribution < 1.29 is 14.3 Å². The Hall–Kier alpha value is -1.76. The van der Waals surface area contributed by atoms with Crippen molar-refractivity contribution in [2.24, 2.45) is 11.3 Å². The monoisotopic (exact) mass is 205 g/mol. The lowest BCUT2D eigenvalue weighted by Crippen LogP contribution is -2.20. The highest BCUT2D eigenvalue weighted by atomic mass is 16.5. The minimum atomic E-state index is -0.494. The van der Waals surface area contributed by atoms with Gasteiger partial charge < -0.3 is 9.47 Å². The summed E-state index contributed by atoms with van der Waals surface area (Å²) in [5.41, 5.74) is -0.494. The quantitative estimate of drug-likeness (QED) is 0.678. The van der Waals surface area contributed by atoms with Gasteiger partial charge in [0.15, 0.2) is 5.78 Å². The lowest BCUT2D eigenvalue weighted by atomic mass is 9.92. The maximum atomic E-state index is 11.3. The number of ether oxygens (including phenoxy) is 2. The smallest absolute Gasteiger partial charge is 0.185 e. The van der Waals surface area contributed by atoms with Gasteiger partial charge in [-0.3, -0.25) is 4.79 Å². The highest BCUT2D eigenvalue weighted by molar-refractivity contribution is 6.01. The number of hydrogen-bond acceptors (Lipinski definition) is 4. The summed E-state index contributed by atoms with van der Waals surface area (Å²) >= 11 is 0. The molecule has 0 aromatic rings. The Morgan fingerprint density at radius 2 is 1.93 bits per heavy atom. The Bertz CT molecular complexity index is 390. The summed E-state index contributed by atoms with van der Waals surface area (Å²) in [6, 6.07) is 2.19. The summed E-state index contributed by atoms with van der Waals surface area (Å²) in [5.74, 6) is 0.776. The summed E-state index contributed by atoms with van der Waals surface area (Å²) in [6.45, 7) is 0. The van der Waals surface area contributed by atoms with Gasteiger partial charge in [-0.15, -0.1) is 0 Å². The zero-order chi connectivity index (χ0) is 11.1. The van der Waals surface area contributed by atoms with Crippen LogP contribution in [0.15, 0.2) is 23.7 Å². The molecule has 0 radical (unpaired) electrons. The number of nitriles is 1. The van der Waals surface area contributed by atoms with Crippen molar-refractivity contribution in [2.75, 3.05) is 14.2 Å². The SMILES string of the molecule is COC1=CC(=O)C=C(OC)C12CC2C#N. The van der Waals surface area contributed by atoms with Crippen molar-refractivity contribution >= 4 is 5.78 Å². The number of carbonyl (C=O) groups excluding carboxylic acids is 1. The number of methoxy groups -OCH3 is 2. The second-order valence-corrected chi connectivity index (χ2v) is 3.68. The third kappa shape index (κ3) is 1.16. The van der Waals surface area contributed by atoms with E-state index in [1.54, 1.807) is 0 Å². The highest BCUT2D eigenvalue weighted by Gasteiger charge is 2.63. The Balaban J connectivity index is 2.43. The van der Waals surface area contributed by atoms with E-state index in [-0.39, 0.29) is 11.7 Å². The van der Waals surface area contributed by atoms with E-state index in [0.29, 0.717) is 17.9 Å². The first kappa shape index (κ1) is 9.78. The fourth-order valence-electron chi connectivity index (χ4n) is 2.12. The van der Waals surface area contributed by atoms with Crippen molar-refractivity contribution in [3.63, 3.8) is 0 Å². The molecule has 1 fully saturated rings. The van der Waals surface area contributed by atoms with E-state index in [4.69, 9.17) is 14.7 Å². The predicted molar refractivity (Wildman–Crippen MR) is 51.3 cm³/mol. The first-order valence-corrected chi connectivity index (χ1v) is 4.65. The number of nitrogens with zero attached hydrogens (tertiary/aromatic N) is 1. The summed E-state index contributed by atoms with van der Waals surface area (Å²) in [6.07, 6.45) is 3.52. The molecular weight excluding hydrogens is 194 g/mol. The Kier molecular flexibility index (Phi) is 2.04. The fraction of sp³-hybridized carbons (Fsp3) is 0.455. The van der Waals surface area contributed by atoms with E-state index in [2.05, 4.69) is 6.07 Å². The summed E-state index contributed by atoms with van der Waals surface area (Å²) in [4.78, 5) is 11.3. The van der Waals surface area contributed by atoms with Crippen LogP contribution in [-0.4, -0.2) is 20.0 Å². The summed E-state index contributed by atoms with van der Waals surface area (Å²) in [7, 11) is 3.01. The molecule has 0 heterocycles. The van der Waals surface area contributed by atoms with E-state index >= 15 is 0 Å². The van der Waals surface area contributed by atoms with E-state index in [0.717, 1.165) is 0 Å². The van der Waals surface area contributed by atoms with E-state index in [9.17, 15) is 4.79 Å². The molecule has 0 amide bonds. The van der Waals surface area contributed by atoms with Crippen LogP contribution in [0.1, 0.15) is 6.42 Å². The molecule has 4 heteroatoms. The minimum absolute atomic E-state index is 0.150. The molecule has 1 atom stereocenters. The first-order chi connectivity index (χ1) is 7.18. The van der Waals surface area contributed by atoms with Gasteiger partial charge in [0.25, 0.3) is 0 Å². The maximum Gasteiger partial charge on any atom is 0.185 e. The molecule has 2 aliphatic carbocycles. The van der Waals surface area contributed by atoms with Gasteiger partial charge in [0.1, 0.15) is 16.9 Å². The van der Waals surface area contributed by atoms with Gasteiger partial charge in [-0.25, -0.2) is 0 Å². The second-order valence-electron chi connectivity index (χ2n) is 3.68. The number of carbonyl (C=O) groups is 1. The minimum Gasteiger partial charge on any atom is -0.500 e. The van der Waals surface area contributed by atoms with Gasteiger partial charge >= 0.3 is 0 Å². The number of ketones is 1. The van der Waals surface area contributed by atoms with Gasteiger partial charge in [0.05, 0.1) is 26.2 Å². The topological polar surface area (TPSA) is 59.3 Å². The van der Waals surface area contributed by atoms with Crippen LogP contribution in [0.3, 0.4) is 0 Å². The average Bonchev–Trinajstić information content (AvgIpc) is 2.96. The van der Waals surface area contributed by atoms with Crippen LogP contribution in [0.4, 0.5) is 0 Å². The van der Waals surface area contributed by atoms with Crippen molar-refractivity contribution in [2.45, 2.75) is 6.42 Å². The molecule has 0 aromatic carbocycles. The molecule has 4 nitrogen and oxygen atoms in total. The van der Waals surface area contributed by atoms with Crippen molar-refractivity contribution in [3.8, 4) is 6.07 Å². The van der Waals surface area contributed by atoms with E-state index in [1.807, 2.05) is 0 Å². The van der Waals surface area contributed by atoms with E-state index in [1.165, 1.54) is 26.4 Å². The molecule has 1 unspecified atom stereocenters. The van der Waals surface area contributed by atoms with Crippen LogP contribution in [0.25, 0.3) is 0 Å². The Morgan fingerprint density at radius 3 is 2.27 bits per heavy atom. The number of hydrogen-bond donors (Lipinski definition) is 0. The molecule has 0 aromatic heterocycles. The largest absolute Gasteiger partial charge is 0.500 e. The van der Waals surface area contributed by atoms with Gasteiger partial charge in [-0.2, -0.15) is 5.26 Å². The Morgan fingerprint density at radius 1 is 1.40 bits per heavy atom. The number of rotatable bonds is 2. The third-order valence-electron chi connectivity index (χ3n) is 2.98. The molecule has 0 saturated heterocycles.